The number of rotatable bonds is 15. The second kappa shape index (κ2) is 12.1. The van der Waals surface area contributed by atoms with Crippen molar-refractivity contribution in [2.75, 3.05) is 39.6 Å². The van der Waals surface area contributed by atoms with Crippen molar-refractivity contribution < 1.29 is 28.4 Å². The highest BCUT2D eigenvalue weighted by Gasteiger charge is 2.40. The Hall–Kier alpha value is -3.57. The third-order valence-electron chi connectivity index (χ3n) is 4.78. The van der Waals surface area contributed by atoms with Gasteiger partial charge in [0.1, 0.15) is 0 Å². The summed E-state index contributed by atoms with van der Waals surface area (Å²) in [6.07, 6.45) is 0. The first-order valence-corrected chi connectivity index (χ1v) is 11.7. The Morgan fingerprint density at radius 3 is 0.971 bits per heavy atom. The first-order valence-electron chi connectivity index (χ1n) is 11.7. The normalized spacial score (nSPS) is 11.0. The number of aromatic amines is 3. The number of H-pyrrole nitrogens is 3. The van der Waals surface area contributed by atoms with Gasteiger partial charge in [0.05, 0.1) is 62.2 Å². The van der Waals surface area contributed by atoms with Crippen LogP contribution in [0.4, 0.5) is 0 Å². The molecule has 3 heterocycles. The van der Waals surface area contributed by atoms with Crippen LogP contribution in [0.15, 0.2) is 0 Å². The third kappa shape index (κ3) is 5.00. The molecule has 3 aromatic rings. The fourth-order valence-corrected chi connectivity index (χ4v) is 3.66. The molecule has 12 heteroatoms. The first-order chi connectivity index (χ1) is 16.6. The van der Waals surface area contributed by atoms with Crippen LogP contribution in [0.2, 0.25) is 0 Å². The summed E-state index contributed by atoms with van der Waals surface area (Å²) in [5.74, 6) is 1.79. The Bertz CT molecular complexity index is 830. The van der Waals surface area contributed by atoms with Gasteiger partial charge in [-0.2, -0.15) is 0 Å². The monoisotopic (exact) mass is 478 g/mol. The van der Waals surface area contributed by atoms with Crippen LogP contribution >= 0.6 is 0 Å². The maximum absolute atomic E-state index is 5.92. The molecule has 3 aromatic heterocycles. The molecule has 0 amide bonds. The molecule has 0 spiro atoms. The summed E-state index contributed by atoms with van der Waals surface area (Å²) in [6.45, 7) is 13.8. The molecule has 0 aliphatic rings. The fraction of sp³-hybridized carbons (Fsp3) is 0.591. The third-order valence-corrected chi connectivity index (χ3v) is 4.78. The molecule has 3 rings (SSSR count). The van der Waals surface area contributed by atoms with E-state index < -0.39 is 5.92 Å². The lowest BCUT2D eigenvalue weighted by molar-refractivity contribution is 0.300. The van der Waals surface area contributed by atoms with Crippen LogP contribution in [0.5, 0.6) is 35.3 Å². The smallest absolute Gasteiger partial charge is 0.240 e. The lowest BCUT2D eigenvalue weighted by Gasteiger charge is -2.21. The summed E-state index contributed by atoms with van der Waals surface area (Å²) in [4.78, 5) is 0. The molecule has 188 valence electrons. The maximum atomic E-state index is 5.92. The van der Waals surface area contributed by atoms with E-state index in [9.17, 15) is 0 Å². The second-order valence-electron chi connectivity index (χ2n) is 6.85. The highest BCUT2D eigenvalue weighted by atomic mass is 16.5. The number of hydrogen-bond acceptors (Lipinski definition) is 9. The zero-order valence-electron chi connectivity index (χ0n) is 20.6. The van der Waals surface area contributed by atoms with Crippen molar-refractivity contribution in [3.63, 3.8) is 0 Å². The number of ether oxygens (including phenoxy) is 6. The molecular weight excluding hydrogens is 444 g/mol. The SMILES string of the molecule is CCOc1n[nH]c(OCC)c1C(c1c(OCC)n[nH]c1OCC)c1c(OCC)n[nH]c1OCC. The minimum absolute atomic E-state index is 0.369. The van der Waals surface area contributed by atoms with Gasteiger partial charge in [-0.3, -0.25) is 0 Å². The molecular formula is C22H34N6O6. The molecule has 3 N–H and O–H groups in total. The van der Waals surface area contributed by atoms with Gasteiger partial charge in [-0.05, 0) is 41.5 Å². The standard InChI is InChI=1S/C22H34N6O6/c1-7-29-17-14(18(24-23-17)30-8-2)13(15-19(31-9-3)25-26-20(15)32-10-4)16-21(33-11-5)27-28-22(16)34-12-6/h13H,7-12H2,1-6H3,(H,23,24)(H,25,26)(H,27,28). The summed E-state index contributed by atoms with van der Waals surface area (Å²) < 4.78 is 35.4. The van der Waals surface area contributed by atoms with Gasteiger partial charge >= 0.3 is 0 Å². The van der Waals surface area contributed by atoms with Crippen LogP contribution in [0.3, 0.4) is 0 Å². The Morgan fingerprint density at radius 2 is 0.735 bits per heavy atom. The van der Waals surface area contributed by atoms with E-state index in [2.05, 4.69) is 30.6 Å². The van der Waals surface area contributed by atoms with E-state index in [0.717, 1.165) is 0 Å². The minimum Gasteiger partial charge on any atom is -0.478 e. The van der Waals surface area contributed by atoms with Crippen LogP contribution in [0.1, 0.15) is 64.2 Å². The molecule has 0 atom stereocenters. The second-order valence-corrected chi connectivity index (χ2v) is 6.85. The summed E-state index contributed by atoms with van der Waals surface area (Å²) in [5, 5.41) is 22.0. The minimum atomic E-state index is -0.634. The number of hydrogen-bond donors (Lipinski definition) is 3. The van der Waals surface area contributed by atoms with Crippen LogP contribution in [-0.2, 0) is 0 Å². The Labute approximate surface area is 198 Å². The lowest BCUT2D eigenvalue weighted by Crippen LogP contribution is -2.12. The van der Waals surface area contributed by atoms with E-state index in [4.69, 9.17) is 28.4 Å². The average Bonchev–Trinajstić information content (AvgIpc) is 3.51. The number of nitrogens with one attached hydrogen (secondary N) is 3. The fourth-order valence-electron chi connectivity index (χ4n) is 3.66. The van der Waals surface area contributed by atoms with Gasteiger partial charge in [-0.1, -0.05) is 0 Å². The highest BCUT2D eigenvalue weighted by molar-refractivity contribution is 5.60. The van der Waals surface area contributed by atoms with Crippen molar-refractivity contribution in [1.29, 1.82) is 0 Å². The predicted molar refractivity (Wildman–Crippen MR) is 124 cm³/mol. The molecule has 34 heavy (non-hydrogen) atoms. The van der Waals surface area contributed by atoms with Crippen molar-refractivity contribution in [3.05, 3.63) is 16.7 Å². The van der Waals surface area contributed by atoms with Crippen LogP contribution in [-0.4, -0.2) is 70.2 Å². The van der Waals surface area contributed by atoms with E-state index in [1.807, 2.05) is 41.5 Å². The van der Waals surface area contributed by atoms with E-state index in [1.165, 1.54) is 0 Å². The molecule has 0 saturated heterocycles. The highest BCUT2D eigenvalue weighted by Crippen LogP contribution is 2.51. The quantitative estimate of drug-likeness (QED) is 0.299. The van der Waals surface area contributed by atoms with Gasteiger partial charge < -0.3 is 28.4 Å². The lowest BCUT2D eigenvalue weighted by atomic mass is 9.88. The van der Waals surface area contributed by atoms with E-state index >= 15 is 0 Å². The van der Waals surface area contributed by atoms with Crippen LogP contribution < -0.4 is 28.4 Å². The molecule has 0 aliphatic carbocycles. The van der Waals surface area contributed by atoms with E-state index in [1.54, 1.807) is 0 Å². The summed E-state index contributed by atoms with van der Waals surface area (Å²) in [6, 6.07) is 0. The molecule has 0 bridgehead atoms. The number of aromatic nitrogens is 6. The van der Waals surface area contributed by atoms with Crippen molar-refractivity contribution >= 4 is 0 Å². The van der Waals surface area contributed by atoms with Crippen molar-refractivity contribution in [2.45, 2.75) is 47.5 Å². The van der Waals surface area contributed by atoms with Gasteiger partial charge in [0.25, 0.3) is 0 Å². The first kappa shape index (κ1) is 25.1. The Morgan fingerprint density at radius 1 is 0.471 bits per heavy atom. The molecule has 0 saturated carbocycles. The zero-order chi connectivity index (χ0) is 24.5. The van der Waals surface area contributed by atoms with E-state index in [-0.39, 0.29) is 0 Å². The van der Waals surface area contributed by atoms with Crippen molar-refractivity contribution in [3.8, 4) is 35.3 Å². The van der Waals surface area contributed by atoms with E-state index in [0.29, 0.717) is 91.6 Å². The Balaban J connectivity index is 2.38. The van der Waals surface area contributed by atoms with Gasteiger partial charge in [0.2, 0.25) is 35.3 Å². The number of nitrogens with zero attached hydrogens (tertiary/aromatic N) is 3. The van der Waals surface area contributed by atoms with Gasteiger partial charge in [-0.25, -0.2) is 15.3 Å². The molecule has 12 nitrogen and oxygen atoms in total. The molecule has 0 unspecified atom stereocenters. The van der Waals surface area contributed by atoms with Gasteiger partial charge in [0.15, 0.2) is 0 Å². The maximum Gasteiger partial charge on any atom is 0.240 e. The Kier molecular flexibility index (Phi) is 8.88. The predicted octanol–water partition coefficient (Wildman–Crippen LogP) is 3.43. The molecule has 0 fully saturated rings. The molecule has 0 radical (unpaired) electrons. The van der Waals surface area contributed by atoms with Crippen molar-refractivity contribution in [1.82, 2.24) is 30.6 Å². The summed E-state index contributed by atoms with van der Waals surface area (Å²) in [5.41, 5.74) is 1.86. The molecule has 0 aromatic carbocycles. The van der Waals surface area contributed by atoms with Crippen LogP contribution in [0.25, 0.3) is 0 Å². The van der Waals surface area contributed by atoms with Gasteiger partial charge in [-0.15, -0.1) is 15.3 Å². The topological polar surface area (TPSA) is 141 Å². The summed E-state index contributed by atoms with van der Waals surface area (Å²) >= 11 is 0. The van der Waals surface area contributed by atoms with Crippen molar-refractivity contribution in [2.24, 2.45) is 0 Å². The molecule has 0 aliphatic heterocycles. The zero-order valence-corrected chi connectivity index (χ0v) is 20.6. The van der Waals surface area contributed by atoms with Crippen LogP contribution in [0, 0.1) is 0 Å². The largest absolute Gasteiger partial charge is 0.478 e. The average molecular weight is 479 g/mol. The summed E-state index contributed by atoms with van der Waals surface area (Å²) in [7, 11) is 0. The van der Waals surface area contributed by atoms with Gasteiger partial charge in [0, 0.05) is 0 Å².